The summed E-state index contributed by atoms with van der Waals surface area (Å²) in [5, 5.41) is 13.6. The van der Waals surface area contributed by atoms with Gasteiger partial charge in [-0.3, -0.25) is 19.2 Å². The molecule has 2 aliphatic rings. The number of nitrogens with two attached hydrogens (primary N) is 1. The van der Waals surface area contributed by atoms with Crippen LogP contribution in [0.1, 0.15) is 59.1 Å². The van der Waals surface area contributed by atoms with Crippen LogP contribution in [0.5, 0.6) is 11.6 Å². The first kappa shape index (κ1) is 33.9. The zero-order valence-corrected chi connectivity index (χ0v) is 26.7. The molecule has 46 heavy (non-hydrogen) atoms. The number of aromatic nitrogens is 4. The number of para-hydroxylation sites is 1. The number of nitrogens with one attached hydrogen (secondary N) is 1. The second kappa shape index (κ2) is 13.7. The molecule has 252 valence electrons. The highest BCUT2D eigenvalue weighted by atomic mass is 31.2. The number of imidazole rings is 1. The van der Waals surface area contributed by atoms with E-state index in [9.17, 15) is 14.5 Å². The van der Waals surface area contributed by atoms with Crippen molar-refractivity contribution in [2.75, 3.05) is 25.2 Å². The number of ether oxygens (including phenoxy) is 3. The van der Waals surface area contributed by atoms with Crippen molar-refractivity contribution in [1.29, 1.82) is 0 Å². The number of alkyl halides is 2. The summed E-state index contributed by atoms with van der Waals surface area (Å²) >= 11 is 0. The van der Waals surface area contributed by atoms with Gasteiger partial charge in [-0.25, -0.2) is 18.3 Å². The van der Waals surface area contributed by atoms with E-state index in [-0.39, 0.29) is 41.5 Å². The number of aliphatic hydroxyl groups excluding tert-OH is 1. The molecule has 5 rings (SSSR count). The number of fused-ring (bicyclic) bond motifs is 1. The summed E-state index contributed by atoms with van der Waals surface area (Å²) in [5.74, 6) is -3.81. The lowest BCUT2D eigenvalue weighted by atomic mass is 9.97. The Morgan fingerprint density at radius 1 is 1.24 bits per heavy atom. The van der Waals surface area contributed by atoms with Crippen LogP contribution in [0.4, 0.5) is 14.7 Å². The number of nitrogen functional groups attached to an aromatic ring is 1. The fourth-order valence-electron chi connectivity index (χ4n) is 5.39. The predicted molar refractivity (Wildman–Crippen MR) is 161 cm³/mol. The Bertz CT molecular complexity index is 1560. The molecule has 1 aliphatic heterocycles. The van der Waals surface area contributed by atoms with Crippen LogP contribution in [0.3, 0.4) is 0 Å². The highest BCUT2D eigenvalue weighted by Crippen LogP contribution is 2.53. The van der Waals surface area contributed by atoms with Crippen molar-refractivity contribution in [3.63, 3.8) is 0 Å². The van der Waals surface area contributed by atoms with Gasteiger partial charge in [0, 0.05) is 0 Å². The number of anilines is 1. The molecule has 17 heteroatoms. The van der Waals surface area contributed by atoms with Crippen molar-refractivity contribution in [2.45, 2.75) is 88.9 Å². The molecule has 1 aliphatic carbocycles. The van der Waals surface area contributed by atoms with Gasteiger partial charge in [-0.05, 0) is 58.6 Å². The molecule has 0 spiro atoms. The van der Waals surface area contributed by atoms with Gasteiger partial charge >= 0.3 is 13.6 Å². The Labute approximate surface area is 264 Å². The molecule has 0 bridgehead atoms. The van der Waals surface area contributed by atoms with Crippen LogP contribution >= 0.6 is 7.60 Å². The fraction of sp³-hybridized carbons (Fsp3) is 0.586. The van der Waals surface area contributed by atoms with Gasteiger partial charge in [-0.15, -0.1) is 0 Å². The van der Waals surface area contributed by atoms with Crippen LogP contribution in [0, 0.1) is 0 Å². The largest absolute Gasteiger partial charge is 0.476 e. The standard InChI is InChI=1S/C29H39F2N6O8P/c1-4-41-23-21-22(35-27(32)36-23)37(16-33-21)26-28(3,30)25(39)29(31,44-26)15-42-46(40,45-20-13-9-6-10-14-20)17-34-18(2)24(38)43-19-11-7-5-8-12-19/h6,9-10,13-14,16,18-19,25-26,34,39H,4-5,7-8,11-12,15,17H2,1-3H3,(H2,32,35,36)/t18-,25-,26+,28+,29+,46+/m0/s1. The molecule has 1 aromatic carbocycles. The number of carbonyl (C=O) groups excluding carboxylic acids is 1. The van der Waals surface area contributed by atoms with Crippen molar-refractivity contribution in [2.24, 2.45) is 0 Å². The maximum absolute atomic E-state index is 16.4. The molecular formula is C29H39F2N6O8P. The van der Waals surface area contributed by atoms with E-state index in [4.69, 9.17) is 29.0 Å². The lowest BCUT2D eigenvalue weighted by molar-refractivity contribution is -0.202. The summed E-state index contributed by atoms with van der Waals surface area (Å²) in [6, 6.07) is 7.06. The Morgan fingerprint density at radius 3 is 2.65 bits per heavy atom. The van der Waals surface area contributed by atoms with E-state index in [1.807, 2.05) is 0 Å². The molecule has 3 aromatic rings. The first-order valence-electron chi connectivity index (χ1n) is 15.1. The third-order valence-electron chi connectivity index (χ3n) is 7.90. The van der Waals surface area contributed by atoms with E-state index >= 15 is 8.78 Å². The molecule has 1 saturated carbocycles. The number of carbonyl (C=O) groups is 1. The third kappa shape index (κ3) is 7.26. The molecule has 1 saturated heterocycles. The van der Waals surface area contributed by atoms with Crippen LogP contribution in [0.25, 0.3) is 11.2 Å². The smallest absolute Gasteiger partial charge is 0.393 e. The molecule has 3 heterocycles. The van der Waals surface area contributed by atoms with Crippen molar-refractivity contribution in [3.8, 4) is 11.6 Å². The van der Waals surface area contributed by atoms with E-state index in [2.05, 4.69) is 20.3 Å². The molecule has 2 fully saturated rings. The van der Waals surface area contributed by atoms with Gasteiger partial charge in [-0.2, -0.15) is 9.97 Å². The van der Waals surface area contributed by atoms with Crippen molar-refractivity contribution >= 4 is 30.7 Å². The Hall–Kier alpha value is -3.43. The molecule has 0 unspecified atom stereocenters. The van der Waals surface area contributed by atoms with Crippen LogP contribution < -0.4 is 20.3 Å². The fourth-order valence-corrected chi connectivity index (χ4v) is 6.91. The molecule has 0 radical (unpaired) electrons. The zero-order valence-electron chi connectivity index (χ0n) is 25.8. The summed E-state index contributed by atoms with van der Waals surface area (Å²) in [4.78, 5) is 24.9. The molecular weight excluding hydrogens is 629 g/mol. The summed E-state index contributed by atoms with van der Waals surface area (Å²) < 4.78 is 75.1. The predicted octanol–water partition coefficient (Wildman–Crippen LogP) is 4.19. The van der Waals surface area contributed by atoms with E-state index in [1.165, 1.54) is 19.1 Å². The lowest BCUT2D eigenvalue weighted by Crippen LogP contribution is -2.47. The molecule has 6 atom stereocenters. The molecule has 4 N–H and O–H groups in total. The van der Waals surface area contributed by atoms with Crippen LogP contribution in [0.15, 0.2) is 36.7 Å². The van der Waals surface area contributed by atoms with E-state index in [1.54, 1.807) is 25.1 Å². The minimum atomic E-state index is -4.33. The van der Waals surface area contributed by atoms with Gasteiger partial charge in [0.2, 0.25) is 11.8 Å². The Morgan fingerprint density at radius 2 is 1.96 bits per heavy atom. The first-order valence-corrected chi connectivity index (χ1v) is 16.9. The number of nitrogens with zero attached hydrogens (tertiary/aromatic N) is 4. The summed E-state index contributed by atoms with van der Waals surface area (Å²) in [7, 11) is -4.33. The second-order valence-electron chi connectivity index (χ2n) is 11.5. The Balaban J connectivity index is 1.33. The van der Waals surface area contributed by atoms with E-state index < -0.39 is 56.4 Å². The minimum Gasteiger partial charge on any atom is -0.476 e. The van der Waals surface area contributed by atoms with Gasteiger partial charge in [-0.1, -0.05) is 24.6 Å². The third-order valence-corrected chi connectivity index (χ3v) is 9.48. The lowest BCUT2D eigenvalue weighted by Gasteiger charge is -2.28. The number of halogens is 2. The molecule has 0 amide bonds. The number of benzene rings is 1. The number of hydrogen-bond acceptors (Lipinski definition) is 13. The first-order chi connectivity index (χ1) is 21.8. The van der Waals surface area contributed by atoms with Crippen molar-refractivity contribution in [3.05, 3.63) is 36.7 Å². The normalized spacial score (nSPS) is 27.3. The summed E-state index contributed by atoms with van der Waals surface area (Å²) in [6.45, 7) is 3.20. The van der Waals surface area contributed by atoms with Gasteiger partial charge in [0.15, 0.2) is 29.2 Å². The number of esters is 1. The zero-order chi connectivity index (χ0) is 33.1. The summed E-state index contributed by atoms with van der Waals surface area (Å²) in [5.41, 5.74) is 3.12. The summed E-state index contributed by atoms with van der Waals surface area (Å²) in [6.07, 6.45) is 0.737. The quantitative estimate of drug-likeness (QED) is 0.174. The highest BCUT2D eigenvalue weighted by Gasteiger charge is 2.65. The maximum atomic E-state index is 16.4. The molecule has 14 nitrogen and oxygen atoms in total. The number of rotatable bonds is 13. The van der Waals surface area contributed by atoms with E-state index in [0.717, 1.165) is 49.9 Å². The van der Waals surface area contributed by atoms with Crippen molar-refractivity contribution in [1.82, 2.24) is 24.8 Å². The monoisotopic (exact) mass is 668 g/mol. The molecule has 2 aromatic heterocycles. The SMILES string of the molecule is CCOc1nc(N)nc2c1ncn2[C@@H]1O[C@](F)(CO[P@](=O)(CN[C@@H](C)C(=O)OC2CCCCC2)Oc2ccccc2)[C@@H](O)[C@@]1(C)F. The highest BCUT2D eigenvalue weighted by molar-refractivity contribution is 7.54. The van der Waals surface area contributed by atoms with Crippen LogP contribution in [0.2, 0.25) is 0 Å². The second-order valence-corrected chi connectivity index (χ2v) is 13.5. The van der Waals surface area contributed by atoms with Gasteiger partial charge in [0.05, 0.1) is 12.9 Å². The van der Waals surface area contributed by atoms with Gasteiger partial charge in [0.25, 0.3) is 5.85 Å². The average molecular weight is 669 g/mol. The van der Waals surface area contributed by atoms with Gasteiger partial charge in [0.1, 0.15) is 30.8 Å². The van der Waals surface area contributed by atoms with Gasteiger partial charge < -0.3 is 29.6 Å². The van der Waals surface area contributed by atoms with E-state index in [0.29, 0.717) is 0 Å². The average Bonchev–Trinajstić information content (AvgIpc) is 3.52. The van der Waals surface area contributed by atoms with Crippen molar-refractivity contribution < 1.29 is 46.5 Å². The maximum Gasteiger partial charge on any atom is 0.393 e. The Kier molecular flexibility index (Phi) is 10.1. The van der Waals surface area contributed by atoms with Crippen LogP contribution in [-0.2, 0) is 23.4 Å². The number of aliphatic hydroxyl groups is 1. The topological polar surface area (TPSA) is 182 Å². The number of hydrogen-bond donors (Lipinski definition) is 3. The van der Waals surface area contributed by atoms with Crippen LogP contribution in [-0.4, -0.2) is 79.9 Å². The minimum absolute atomic E-state index is 0.0288.